The van der Waals surface area contributed by atoms with E-state index in [1.165, 1.54) is 12.7 Å². The molecule has 1 aromatic carbocycles. The van der Waals surface area contributed by atoms with E-state index in [2.05, 4.69) is 0 Å². The summed E-state index contributed by atoms with van der Waals surface area (Å²) in [7, 11) is 1.50. The number of fused-ring (bicyclic) bond motifs is 1. The molecule has 1 aliphatic heterocycles. The second kappa shape index (κ2) is 7.99. The van der Waals surface area contributed by atoms with E-state index in [0.717, 1.165) is 42.6 Å². The zero-order chi connectivity index (χ0) is 20.5. The van der Waals surface area contributed by atoms with Crippen LogP contribution in [0.5, 0.6) is 0 Å². The lowest BCUT2D eigenvalue weighted by Crippen LogP contribution is -2.49. The van der Waals surface area contributed by atoms with Crippen LogP contribution in [0.3, 0.4) is 0 Å². The second-order valence-corrected chi connectivity index (χ2v) is 7.99. The van der Waals surface area contributed by atoms with Gasteiger partial charge in [0.2, 0.25) is 0 Å². The summed E-state index contributed by atoms with van der Waals surface area (Å²) in [5.41, 5.74) is 4.80. The first kappa shape index (κ1) is 19.6. The molecule has 29 heavy (non-hydrogen) atoms. The van der Waals surface area contributed by atoms with E-state index in [-0.39, 0.29) is 12.5 Å². The van der Waals surface area contributed by atoms with Gasteiger partial charge in [-0.05, 0) is 51.2 Å². The minimum Gasteiger partial charge on any atom is -0.481 e. The zero-order valence-corrected chi connectivity index (χ0v) is 16.9. The first-order valence-corrected chi connectivity index (χ1v) is 10.2. The van der Waals surface area contributed by atoms with Crippen molar-refractivity contribution in [2.24, 2.45) is 5.92 Å². The van der Waals surface area contributed by atoms with Crippen LogP contribution < -0.4 is 0 Å². The number of aromatic nitrogens is 2. The number of hydrogen-bond donors (Lipinski definition) is 1. The maximum Gasteiger partial charge on any atom is 0.309 e. The molecule has 2 atom stereocenters. The van der Waals surface area contributed by atoms with Crippen molar-refractivity contribution in [3.05, 3.63) is 46.8 Å². The van der Waals surface area contributed by atoms with E-state index >= 15 is 0 Å². The van der Waals surface area contributed by atoms with Gasteiger partial charge in [0.1, 0.15) is 0 Å². The number of benzene rings is 1. The van der Waals surface area contributed by atoms with Crippen molar-refractivity contribution in [2.75, 3.05) is 20.2 Å². The molecular weight excluding hydrogens is 370 g/mol. The summed E-state index contributed by atoms with van der Waals surface area (Å²) in [5, 5.41) is 14.1. The number of hydrogen-bond acceptors (Lipinski definition) is 4. The van der Waals surface area contributed by atoms with Gasteiger partial charge in [0.25, 0.3) is 5.91 Å². The molecule has 7 nitrogen and oxygen atoms in total. The molecule has 4 rings (SSSR count). The molecule has 154 valence electrons. The topological polar surface area (TPSA) is 84.7 Å². The predicted octanol–water partition coefficient (Wildman–Crippen LogP) is 2.62. The Morgan fingerprint density at radius 1 is 1.17 bits per heavy atom. The third-order valence-corrected chi connectivity index (χ3v) is 6.13. The van der Waals surface area contributed by atoms with Crippen molar-refractivity contribution >= 4 is 11.9 Å². The molecule has 1 aliphatic carbocycles. The molecule has 2 aliphatic rings. The molecule has 1 amide bonds. The number of ether oxygens (including phenoxy) is 1. The molecule has 2 heterocycles. The molecule has 2 unspecified atom stereocenters. The van der Waals surface area contributed by atoms with Gasteiger partial charge < -0.3 is 14.7 Å². The fourth-order valence-electron chi connectivity index (χ4n) is 4.44. The van der Waals surface area contributed by atoms with Crippen molar-refractivity contribution in [1.29, 1.82) is 0 Å². The molecule has 7 heteroatoms. The zero-order valence-electron chi connectivity index (χ0n) is 16.9. The Labute approximate surface area is 170 Å². The molecule has 0 saturated carbocycles. The summed E-state index contributed by atoms with van der Waals surface area (Å²) in [6.07, 6.45) is 3.79. The predicted molar refractivity (Wildman–Crippen MR) is 107 cm³/mol. The largest absolute Gasteiger partial charge is 0.481 e. The van der Waals surface area contributed by atoms with Gasteiger partial charge >= 0.3 is 5.97 Å². The summed E-state index contributed by atoms with van der Waals surface area (Å²) in [6, 6.07) is 8.16. The Balaban J connectivity index is 1.65. The van der Waals surface area contributed by atoms with E-state index in [1.807, 2.05) is 35.9 Å². The highest BCUT2D eigenvalue weighted by molar-refractivity contribution is 5.94. The molecule has 1 saturated heterocycles. The molecule has 0 spiro atoms. The number of likely N-dealkylation sites (tertiary alicyclic amines) is 1. The second-order valence-electron chi connectivity index (χ2n) is 7.99. The molecule has 1 aromatic heterocycles. The van der Waals surface area contributed by atoms with E-state index in [0.29, 0.717) is 18.7 Å². The van der Waals surface area contributed by atoms with Gasteiger partial charge in [0.05, 0.1) is 17.7 Å². The number of carboxylic acids is 1. The maximum atomic E-state index is 13.4. The van der Waals surface area contributed by atoms with E-state index in [9.17, 15) is 14.7 Å². The number of aliphatic carboxylic acids is 1. The van der Waals surface area contributed by atoms with E-state index < -0.39 is 18.0 Å². The van der Waals surface area contributed by atoms with Crippen LogP contribution >= 0.6 is 0 Å². The van der Waals surface area contributed by atoms with Crippen molar-refractivity contribution in [2.45, 2.75) is 45.1 Å². The van der Waals surface area contributed by atoms with Crippen LogP contribution in [0.25, 0.3) is 5.69 Å². The Hall–Kier alpha value is -2.67. The fourth-order valence-corrected chi connectivity index (χ4v) is 4.44. The van der Waals surface area contributed by atoms with Crippen molar-refractivity contribution in [3.8, 4) is 5.69 Å². The number of carbonyl (C=O) groups excluding carboxylic acids is 1. The van der Waals surface area contributed by atoms with Crippen LogP contribution in [0.2, 0.25) is 0 Å². The summed E-state index contributed by atoms with van der Waals surface area (Å²) in [4.78, 5) is 26.5. The summed E-state index contributed by atoms with van der Waals surface area (Å²) < 4.78 is 7.30. The highest BCUT2D eigenvalue weighted by Gasteiger charge is 2.38. The number of piperidine rings is 1. The lowest BCUT2D eigenvalue weighted by atomic mass is 9.92. The Bertz CT molecular complexity index is 919. The van der Waals surface area contributed by atoms with Gasteiger partial charge in [0, 0.05) is 31.5 Å². The number of nitrogens with zero attached hydrogens (tertiary/aromatic N) is 3. The minimum atomic E-state index is -0.870. The van der Waals surface area contributed by atoms with Crippen LogP contribution in [-0.4, -0.2) is 58.0 Å². The number of carboxylic acid groups (broad SMARTS) is 1. The number of carbonyl (C=O) groups is 2. The Morgan fingerprint density at radius 3 is 2.59 bits per heavy atom. The smallest absolute Gasteiger partial charge is 0.309 e. The third-order valence-electron chi connectivity index (χ3n) is 6.13. The van der Waals surface area contributed by atoms with Gasteiger partial charge in [0.15, 0.2) is 5.69 Å². The lowest BCUT2D eigenvalue weighted by molar-refractivity contribution is -0.149. The monoisotopic (exact) mass is 397 g/mol. The highest BCUT2D eigenvalue weighted by Crippen LogP contribution is 2.29. The van der Waals surface area contributed by atoms with Crippen LogP contribution in [0.15, 0.2) is 24.3 Å². The van der Waals surface area contributed by atoms with Crippen LogP contribution in [0.4, 0.5) is 0 Å². The first-order valence-electron chi connectivity index (χ1n) is 10.2. The van der Waals surface area contributed by atoms with E-state index in [4.69, 9.17) is 9.84 Å². The highest BCUT2D eigenvalue weighted by atomic mass is 16.5. The average Bonchev–Trinajstić information content (AvgIpc) is 3.13. The number of rotatable bonds is 4. The van der Waals surface area contributed by atoms with Crippen LogP contribution in [-0.2, 0) is 22.4 Å². The van der Waals surface area contributed by atoms with Crippen molar-refractivity contribution in [3.63, 3.8) is 0 Å². The Morgan fingerprint density at radius 2 is 1.90 bits per heavy atom. The van der Waals surface area contributed by atoms with Crippen molar-refractivity contribution < 1.29 is 19.4 Å². The summed E-state index contributed by atoms with van der Waals surface area (Å²) in [6.45, 7) is 2.73. The van der Waals surface area contributed by atoms with Gasteiger partial charge in [-0.25, -0.2) is 4.68 Å². The number of methoxy groups -OCH3 is 1. The SMILES string of the molecule is COC1CN(C(=O)c2nn(-c3ccc(C)cc3)c3c2CCCC3)CCC1C(=O)O. The number of amides is 1. The summed E-state index contributed by atoms with van der Waals surface area (Å²) in [5.74, 6) is -1.58. The maximum absolute atomic E-state index is 13.4. The first-order chi connectivity index (χ1) is 14.0. The van der Waals surface area contributed by atoms with Gasteiger partial charge in [-0.3, -0.25) is 9.59 Å². The quantitative estimate of drug-likeness (QED) is 0.857. The molecule has 1 N–H and O–H groups in total. The van der Waals surface area contributed by atoms with E-state index in [1.54, 1.807) is 4.90 Å². The lowest BCUT2D eigenvalue weighted by Gasteiger charge is -2.35. The third kappa shape index (κ3) is 3.67. The Kier molecular flexibility index (Phi) is 5.41. The normalized spacial score (nSPS) is 21.7. The molecule has 0 radical (unpaired) electrons. The van der Waals surface area contributed by atoms with Gasteiger partial charge in [-0.2, -0.15) is 5.10 Å². The summed E-state index contributed by atoms with van der Waals surface area (Å²) >= 11 is 0. The molecule has 2 aromatic rings. The van der Waals surface area contributed by atoms with Crippen molar-refractivity contribution in [1.82, 2.24) is 14.7 Å². The molecule has 0 bridgehead atoms. The van der Waals surface area contributed by atoms with Crippen LogP contribution in [0, 0.1) is 12.8 Å². The fraction of sp³-hybridized carbons (Fsp3) is 0.500. The minimum absolute atomic E-state index is 0.125. The average molecular weight is 397 g/mol. The number of aryl methyl sites for hydroxylation is 1. The van der Waals surface area contributed by atoms with Gasteiger partial charge in [-0.1, -0.05) is 17.7 Å². The molecule has 1 fully saturated rings. The standard InChI is InChI=1S/C22H27N3O4/c1-14-7-9-15(10-8-14)25-18-6-4-3-5-16(18)20(23-25)21(26)24-12-11-17(22(27)28)19(13-24)29-2/h7-10,17,19H,3-6,11-13H2,1-2H3,(H,27,28). The van der Waals surface area contributed by atoms with Crippen LogP contribution in [0.1, 0.15) is 46.6 Å². The van der Waals surface area contributed by atoms with Gasteiger partial charge in [-0.15, -0.1) is 0 Å². The molecular formula is C22H27N3O4.